The van der Waals surface area contributed by atoms with Crippen molar-refractivity contribution in [3.63, 3.8) is 0 Å². The second kappa shape index (κ2) is 42.8. The monoisotopic (exact) mass is 1210 g/mol. The van der Waals surface area contributed by atoms with Crippen LogP contribution in [0.5, 0.6) is 23.0 Å². The van der Waals surface area contributed by atoms with Crippen molar-refractivity contribution in [1.29, 1.82) is 5.26 Å². The maximum atomic E-state index is 11.0. The Bertz CT molecular complexity index is 2690. The first-order valence-corrected chi connectivity index (χ1v) is 25.6. The van der Waals surface area contributed by atoms with Gasteiger partial charge in [0, 0.05) is 45.9 Å². The van der Waals surface area contributed by atoms with Gasteiger partial charge in [-0.15, -0.1) is 34.8 Å². The number of hydrogen-bond acceptors (Lipinski definition) is 17. The fraction of sp³-hybridized carbons (Fsp3) is 0.464. The normalized spacial score (nSPS) is 15.7. The van der Waals surface area contributed by atoms with E-state index >= 15 is 0 Å². The third-order valence-electron chi connectivity index (χ3n) is 11.5. The van der Waals surface area contributed by atoms with E-state index in [4.69, 9.17) is 93.7 Å². The van der Waals surface area contributed by atoms with Crippen molar-refractivity contribution < 1.29 is 177 Å². The molecule has 0 aromatic heterocycles. The third kappa shape index (κ3) is 29.3. The zero-order valence-electron chi connectivity index (χ0n) is 49.0. The minimum Gasteiger partial charge on any atom is -1.00 e. The van der Waals surface area contributed by atoms with Crippen LogP contribution in [0.15, 0.2) is 29.4 Å². The Hall–Kier alpha value is -2.92. The molecule has 8 rings (SSSR count). The van der Waals surface area contributed by atoms with E-state index in [0.29, 0.717) is 42.9 Å². The number of nitriles is 1. The molecule has 4 fully saturated rings. The first kappa shape index (κ1) is 78.2. The van der Waals surface area contributed by atoms with E-state index in [0.717, 1.165) is 134 Å². The third-order valence-corrected chi connectivity index (χ3v) is 11.8. The Kier molecular flexibility index (Phi) is 42.4. The van der Waals surface area contributed by atoms with Crippen molar-refractivity contribution in [3.05, 3.63) is 118 Å². The molecule has 0 radical (unpaired) electrons. The van der Waals surface area contributed by atoms with Gasteiger partial charge in [-0.2, -0.15) is 10.5 Å². The predicted octanol–water partition coefficient (Wildman–Crippen LogP) is 4.12. The molecule has 424 valence electrons. The second-order valence-electron chi connectivity index (χ2n) is 17.6. The van der Waals surface area contributed by atoms with E-state index in [1.807, 2.05) is 100 Å². The number of hydrogen-bond donors (Lipinski definition) is 3. The molecule has 79 heavy (non-hydrogen) atoms. The standard InChI is InChI=1S/C13H17NO3.C13H15NO3.C13H16O3.C10H12O2.C3H5ClO.C2H3N.CH2Cl2.CH2O3.2K.H/c2*1-8-4-9(2)13(17-7-11-6-16-11)10(3)12(8)5-14-15;1-8-4-9(2)13(10(3)12(8)5-14)16-7-11-6-15-11;1-6-4-7(2)10(12)8(3)9(6)5-11;4-1-3-2-5-3;1-2-3;2-1-3;2-1-4-3;;;/h4-5,11,15H,6-7H2,1-3H3;4,11H,6-7H2,1-3H3;4-5,11H,6-7H2,1-3H3;4-5,12H,1-3H3;3H,1-2H2;1H3;1H2;1,3H;;;/q;;;;;;;;2*+1;-1/b14-5+;;;;;;;;;;. The van der Waals surface area contributed by atoms with Gasteiger partial charge in [0.15, 0.2) is 12.6 Å². The van der Waals surface area contributed by atoms with Crippen LogP contribution in [0.2, 0.25) is 0 Å². The van der Waals surface area contributed by atoms with Gasteiger partial charge in [-0.1, -0.05) is 29.4 Å². The molecule has 4 heterocycles. The summed E-state index contributed by atoms with van der Waals surface area (Å²) in [7, 11) is 0. The van der Waals surface area contributed by atoms with Crippen molar-refractivity contribution in [2.24, 2.45) is 5.16 Å². The Morgan fingerprint density at radius 1 is 0.633 bits per heavy atom. The van der Waals surface area contributed by atoms with Crippen LogP contribution in [0.1, 0.15) is 107 Å². The van der Waals surface area contributed by atoms with Crippen LogP contribution >= 0.6 is 34.8 Å². The average Bonchev–Trinajstić information content (AvgIpc) is 4.15. The van der Waals surface area contributed by atoms with Crippen LogP contribution in [0.3, 0.4) is 0 Å². The Morgan fingerprint density at radius 3 is 1.25 bits per heavy atom. The number of aryl methyl sites for hydroxylation is 8. The topological polar surface area (TPSA) is 263 Å². The van der Waals surface area contributed by atoms with Crippen molar-refractivity contribution in [3.8, 4) is 35.1 Å². The number of benzene rings is 4. The zero-order valence-corrected chi connectivity index (χ0v) is 56.5. The number of rotatable bonds is 14. The summed E-state index contributed by atoms with van der Waals surface area (Å²) in [6.45, 7) is 29.4. The Balaban J connectivity index is -0.000000902. The van der Waals surface area contributed by atoms with Gasteiger partial charge in [0.2, 0.25) is 5.01 Å². The van der Waals surface area contributed by atoms with E-state index in [2.05, 4.69) is 21.1 Å². The quantitative estimate of drug-likeness (QED) is 0.0234. The van der Waals surface area contributed by atoms with E-state index in [-0.39, 0.29) is 140 Å². The number of carbonyl (C=O) groups excluding carboxylic acids is 3. The van der Waals surface area contributed by atoms with Crippen molar-refractivity contribution >= 4 is 60.1 Å². The maximum Gasteiger partial charge on any atom is 1.00 e. The molecular weight excluding hydrogens is 1140 g/mol. The molecule has 4 unspecified atom stereocenters. The van der Waals surface area contributed by atoms with Gasteiger partial charge in [0.05, 0.1) is 56.0 Å². The maximum absolute atomic E-state index is 11.0. The summed E-state index contributed by atoms with van der Waals surface area (Å²) in [6.07, 6.45) is 4.23. The van der Waals surface area contributed by atoms with Gasteiger partial charge in [-0.3, -0.25) is 14.4 Å². The minimum absolute atomic E-state index is 0. The number of alkyl halides is 3. The summed E-state index contributed by atoms with van der Waals surface area (Å²) in [5, 5.41) is 48.8. The van der Waals surface area contributed by atoms with E-state index < -0.39 is 0 Å². The molecule has 4 saturated heterocycles. The van der Waals surface area contributed by atoms with Crippen molar-refractivity contribution in [1.82, 2.24) is 0 Å². The molecule has 4 aliphatic rings. The molecule has 18 nitrogen and oxygen atoms in total. The largest absolute Gasteiger partial charge is 1.00 e. The molecule has 0 spiro atoms. The summed E-state index contributed by atoms with van der Waals surface area (Å²) in [5.74, 6) is 3.41. The zero-order chi connectivity index (χ0) is 58.4. The average molecular weight is 1210 g/mol. The minimum atomic E-state index is -0.181. The number of oxime groups is 1. The summed E-state index contributed by atoms with van der Waals surface area (Å²) in [5.41, 5.74) is 14.6. The summed E-state index contributed by atoms with van der Waals surface area (Å²) in [4.78, 5) is 32.8. The second-order valence-corrected chi connectivity index (χ2v) is 18.7. The van der Waals surface area contributed by atoms with E-state index in [1.54, 1.807) is 13.0 Å². The number of halogens is 3. The number of epoxide rings is 4. The molecule has 0 bridgehead atoms. The van der Waals surface area contributed by atoms with Crippen LogP contribution in [-0.2, 0) is 28.6 Å². The van der Waals surface area contributed by atoms with Crippen molar-refractivity contribution in [2.45, 2.75) is 114 Å². The molecule has 4 atom stereocenters. The molecule has 0 saturated carbocycles. The molecule has 4 aliphatic heterocycles. The number of phenolic OH excluding ortho intramolecular Hbond substituents is 1. The van der Waals surface area contributed by atoms with E-state index in [1.165, 1.54) is 13.1 Å². The molecule has 0 amide bonds. The van der Waals surface area contributed by atoms with E-state index in [9.17, 15) is 14.7 Å². The van der Waals surface area contributed by atoms with Crippen LogP contribution in [-0.4, -0.2) is 123 Å². The van der Waals surface area contributed by atoms with Crippen LogP contribution in [0.25, 0.3) is 5.01 Å². The van der Waals surface area contributed by atoms with Gasteiger partial charge in [0.1, 0.15) is 66.7 Å². The molecule has 3 N–H and O–H groups in total. The molecule has 4 aromatic carbocycles. The van der Waals surface area contributed by atoms with Gasteiger partial charge in [-0.25, -0.2) is 0 Å². The Morgan fingerprint density at radius 2 is 0.949 bits per heavy atom. The molecule has 23 heteroatoms. The van der Waals surface area contributed by atoms with Crippen LogP contribution < -0.4 is 122 Å². The molecule has 0 aliphatic carbocycles. The smallest absolute Gasteiger partial charge is 1.00 e. The summed E-state index contributed by atoms with van der Waals surface area (Å²) in [6, 6.07) is 12.2. The number of ether oxygens (including phenoxy) is 7. The van der Waals surface area contributed by atoms with Gasteiger partial charge in [-0.05, 0) is 128 Å². The fourth-order valence-corrected chi connectivity index (χ4v) is 7.59. The van der Waals surface area contributed by atoms with Gasteiger partial charge in [0.25, 0.3) is 6.47 Å². The number of aldehydes is 2. The van der Waals surface area contributed by atoms with Crippen molar-refractivity contribution in [2.75, 3.05) is 57.5 Å². The predicted molar refractivity (Wildman–Crippen MR) is 295 cm³/mol. The summed E-state index contributed by atoms with van der Waals surface area (Å²) >= 11 is 14.8. The molecule has 4 aromatic rings. The Labute approximate surface area is 566 Å². The number of carbonyl (C=O) groups is 3. The SMILES string of the molecule is CC#N.Cc1cc(C)c(C=O)c(C)c1O.Cc1cc(C)c(OCC2CO2)c(C)c1/C=N/O.Cc1cc(C)c(OCC2CO2)c(C)c1C#[N+]O.Cc1cc(C)c(OCC2CO2)c(C)c1C=O.ClCC1CO1.ClCCl.O=CO[O-].[H-].[K+].[K+]. The first-order valence-electron chi connectivity index (χ1n) is 24.0. The first-order chi connectivity index (χ1) is 36.6. The fourth-order valence-electron chi connectivity index (χ4n) is 7.41. The van der Waals surface area contributed by atoms with Gasteiger partial charge < -0.3 is 55.0 Å². The molecular formula is C56H73Cl3K2N3O15+. The van der Waals surface area contributed by atoms with Crippen LogP contribution in [0.4, 0.5) is 0 Å². The van der Waals surface area contributed by atoms with Gasteiger partial charge >= 0.3 is 109 Å². The number of phenols is 1. The van der Waals surface area contributed by atoms with Crippen LogP contribution in [0, 0.1) is 100 Å². The summed E-state index contributed by atoms with van der Waals surface area (Å²) < 4.78 is 37.3. The number of aromatic hydroxyl groups is 1. The number of nitrogens with zero attached hydrogens (tertiary/aromatic N) is 3.